The Morgan fingerprint density at radius 2 is 2.09 bits per heavy atom. The molecule has 0 aliphatic carbocycles. The summed E-state index contributed by atoms with van der Waals surface area (Å²) in [4.78, 5) is 30.5. The van der Waals surface area contributed by atoms with Crippen LogP contribution in [0.25, 0.3) is 0 Å². The zero-order valence-electron chi connectivity index (χ0n) is 12.5. The number of hydrogen-bond donors (Lipinski definition) is 2. The van der Waals surface area contributed by atoms with Gasteiger partial charge < -0.3 is 10.3 Å². The van der Waals surface area contributed by atoms with Crippen LogP contribution in [0.1, 0.15) is 25.5 Å². The monoisotopic (exact) mass is 371 g/mol. The zero-order valence-corrected chi connectivity index (χ0v) is 14.9. The van der Waals surface area contributed by atoms with E-state index in [1.807, 2.05) is 13.8 Å². The molecule has 0 radical (unpaired) electrons. The normalized spacial score (nSPS) is 10.8. The molecule has 0 saturated carbocycles. The predicted molar refractivity (Wildman–Crippen MR) is 94.8 cm³/mol. The maximum atomic E-state index is 12.0. The Balaban J connectivity index is 2.02. The lowest BCUT2D eigenvalue weighted by Crippen LogP contribution is -2.16. The lowest BCUT2D eigenvalue weighted by molar-refractivity contribution is -0.113. The highest BCUT2D eigenvalue weighted by Crippen LogP contribution is 2.25. The van der Waals surface area contributed by atoms with Gasteiger partial charge in [-0.1, -0.05) is 48.8 Å². The molecule has 0 bridgehead atoms. The summed E-state index contributed by atoms with van der Waals surface area (Å²) in [6, 6.07) is 6.28. The van der Waals surface area contributed by atoms with Crippen molar-refractivity contribution < 1.29 is 4.79 Å². The molecule has 0 fully saturated rings. The van der Waals surface area contributed by atoms with Gasteiger partial charge >= 0.3 is 0 Å². The first-order valence-corrected chi connectivity index (χ1v) is 8.58. The van der Waals surface area contributed by atoms with Gasteiger partial charge in [0.2, 0.25) is 5.91 Å². The Morgan fingerprint density at radius 3 is 2.78 bits per heavy atom. The third-order valence-electron chi connectivity index (χ3n) is 2.87. The Labute approximate surface area is 147 Å². The fourth-order valence-corrected chi connectivity index (χ4v) is 2.75. The van der Waals surface area contributed by atoms with E-state index in [0.717, 1.165) is 11.8 Å². The van der Waals surface area contributed by atoms with E-state index in [1.54, 1.807) is 18.2 Å². The second kappa shape index (κ2) is 7.86. The average molecular weight is 372 g/mol. The van der Waals surface area contributed by atoms with E-state index < -0.39 is 0 Å². The molecule has 1 heterocycles. The van der Waals surface area contributed by atoms with Gasteiger partial charge in [-0.05, 0) is 24.1 Å². The highest BCUT2D eigenvalue weighted by atomic mass is 35.5. The summed E-state index contributed by atoms with van der Waals surface area (Å²) < 4.78 is 0. The van der Waals surface area contributed by atoms with Gasteiger partial charge in [0, 0.05) is 11.1 Å². The number of hydrogen-bond acceptors (Lipinski definition) is 4. The number of halogens is 2. The van der Waals surface area contributed by atoms with Crippen molar-refractivity contribution in [3.8, 4) is 0 Å². The van der Waals surface area contributed by atoms with Crippen molar-refractivity contribution >= 4 is 46.6 Å². The molecule has 122 valence electrons. The lowest BCUT2D eigenvalue weighted by atomic mass is 10.1. The molecule has 1 aromatic heterocycles. The Morgan fingerprint density at radius 1 is 1.35 bits per heavy atom. The zero-order chi connectivity index (χ0) is 17.0. The second-order valence-corrected chi connectivity index (χ2v) is 6.90. The first-order chi connectivity index (χ1) is 10.8. The van der Waals surface area contributed by atoms with Crippen molar-refractivity contribution in [2.75, 3.05) is 11.1 Å². The molecule has 0 unspecified atom stereocenters. The van der Waals surface area contributed by atoms with Crippen LogP contribution in [0, 0.1) is 0 Å². The van der Waals surface area contributed by atoms with Crippen molar-refractivity contribution in [3.05, 3.63) is 50.4 Å². The van der Waals surface area contributed by atoms with Crippen LogP contribution in [0.2, 0.25) is 10.0 Å². The summed E-state index contributed by atoms with van der Waals surface area (Å²) in [5.74, 6) is -0.0413. The third kappa shape index (κ3) is 5.27. The van der Waals surface area contributed by atoms with E-state index in [9.17, 15) is 9.59 Å². The summed E-state index contributed by atoms with van der Waals surface area (Å²) >= 11 is 13.0. The van der Waals surface area contributed by atoms with Crippen LogP contribution in [-0.4, -0.2) is 21.6 Å². The number of H-pyrrole nitrogens is 1. The first kappa shape index (κ1) is 17.8. The Bertz CT molecular complexity index is 778. The van der Waals surface area contributed by atoms with Crippen molar-refractivity contribution in [3.63, 3.8) is 0 Å². The molecule has 0 saturated heterocycles. The number of thioether (sulfide) groups is 1. The number of carbonyl (C=O) groups excluding carboxylic acids is 1. The molecule has 23 heavy (non-hydrogen) atoms. The quantitative estimate of drug-likeness (QED) is 0.616. The van der Waals surface area contributed by atoms with Crippen LogP contribution in [0.15, 0.2) is 34.2 Å². The molecular formula is C15H15Cl2N3O2S. The van der Waals surface area contributed by atoms with Gasteiger partial charge in [0.05, 0.1) is 22.2 Å². The molecule has 0 aliphatic heterocycles. The minimum Gasteiger partial charge on any atom is -0.324 e. The standard InChI is InChI=1S/C15H15Cl2N3O2S/c1-8(2)11-6-13(21)20-15(19-11)23-7-14(22)18-12-5-9(16)3-4-10(12)17/h3-6,8H,7H2,1-2H3,(H,18,22)(H,19,20,21). The van der Waals surface area contributed by atoms with Crippen LogP contribution < -0.4 is 10.9 Å². The molecule has 2 N–H and O–H groups in total. The third-order valence-corrected chi connectivity index (χ3v) is 4.31. The number of amides is 1. The molecule has 1 amide bonds. The summed E-state index contributed by atoms with van der Waals surface area (Å²) in [5, 5.41) is 3.97. The van der Waals surface area contributed by atoms with Gasteiger partial charge in [-0.25, -0.2) is 4.98 Å². The van der Waals surface area contributed by atoms with Crippen molar-refractivity contribution in [1.29, 1.82) is 0 Å². The second-order valence-electron chi connectivity index (χ2n) is 5.09. The van der Waals surface area contributed by atoms with Gasteiger partial charge in [-0.3, -0.25) is 9.59 Å². The number of aromatic nitrogens is 2. The first-order valence-electron chi connectivity index (χ1n) is 6.84. The van der Waals surface area contributed by atoms with E-state index in [1.165, 1.54) is 6.07 Å². The van der Waals surface area contributed by atoms with Gasteiger partial charge in [-0.15, -0.1) is 0 Å². The van der Waals surface area contributed by atoms with E-state index in [4.69, 9.17) is 23.2 Å². The lowest BCUT2D eigenvalue weighted by Gasteiger charge is -2.08. The highest BCUT2D eigenvalue weighted by molar-refractivity contribution is 7.99. The highest BCUT2D eigenvalue weighted by Gasteiger charge is 2.10. The Kier molecular flexibility index (Phi) is 6.10. The summed E-state index contributed by atoms with van der Waals surface area (Å²) in [6.45, 7) is 3.90. The number of benzene rings is 1. The molecule has 0 atom stereocenters. The number of rotatable bonds is 5. The number of nitrogens with one attached hydrogen (secondary N) is 2. The van der Waals surface area contributed by atoms with E-state index in [-0.39, 0.29) is 23.1 Å². The van der Waals surface area contributed by atoms with Crippen LogP contribution in [0.3, 0.4) is 0 Å². The Hall–Kier alpha value is -1.50. The largest absolute Gasteiger partial charge is 0.324 e. The molecule has 8 heteroatoms. The number of anilines is 1. The number of carbonyl (C=O) groups is 1. The fraction of sp³-hybridized carbons (Fsp3) is 0.267. The molecule has 5 nitrogen and oxygen atoms in total. The van der Waals surface area contributed by atoms with Crippen molar-refractivity contribution in [2.45, 2.75) is 24.9 Å². The van der Waals surface area contributed by atoms with E-state index in [0.29, 0.717) is 26.6 Å². The summed E-state index contributed by atoms with van der Waals surface area (Å²) in [5.41, 5.74) is 0.904. The molecule has 0 aliphatic rings. The van der Waals surface area contributed by atoms with Gasteiger partial charge in [0.25, 0.3) is 5.56 Å². The molecule has 0 spiro atoms. The van der Waals surface area contributed by atoms with Crippen molar-refractivity contribution in [2.24, 2.45) is 0 Å². The van der Waals surface area contributed by atoms with Crippen molar-refractivity contribution in [1.82, 2.24) is 9.97 Å². The van der Waals surface area contributed by atoms with Gasteiger partial charge in [-0.2, -0.15) is 0 Å². The van der Waals surface area contributed by atoms with E-state index in [2.05, 4.69) is 15.3 Å². The molecule has 1 aromatic carbocycles. The summed E-state index contributed by atoms with van der Waals surface area (Å²) in [6.07, 6.45) is 0. The minimum absolute atomic E-state index is 0.0906. The maximum absolute atomic E-state index is 12.0. The number of aromatic amines is 1. The maximum Gasteiger partial charge on any atom is 0.251 e. The molecule has 2 aromatic rings. The van der Waals surface area contributed by atoms with Crippen LogP contribution in [0.5, 0.6) is 0 Å². The predicted octanol–water partition coefficient (Wildman–Crippen LogP) is 3.93. The fourth-order valence-electron chi connectivity index (χ4n) is 1.73. The average Bonchev–Trinajstić information content (AvgIpc) is 2.48. The smallest absolute Gasteiger partial charge is 0.251 e. The number of nitrogens with zero attached hydrogens (tertiary/aromatic N) is 1. The van der Waals surface area contributed by atoms with E-state index >= 15 is 0 Å². The molecule has 2 rings (SSSR count). The van der Waals surface area contributed by atoms with Gasteiger partial charge in [0.1, 0.15) is 0 Å². The molecular weight excluding hydrogens is 357 g/mol. The summed E-state index contributed by atoms with van der Waals surface area (Å²) in [7, 11) is 0. The van der Waals surface area contributed by atoms with Crippen LogP contribution >= 0.6 is 35.0 Å². The SMILES string of the molecule is CC(C)c1cc(=O)[nH]c(SCC(=O)Nc2cc(Cl)ccc2Cl)n1. The van der Waals surface area contributed by atoms with Crippen LogP contribution in [-0.2, 0) is 4.79 Å². The van der Waals surface area contributed by atoms with Gasteiger partial charge in [0.15, 0.2) is 5.16 Å². The van der Waals surface area contributed by atoms with Crippen LogP contribution in [0.4, 0.5) is 5.69 Å². The topological polar surface area (TPSA) is 74.8 Å². The minimum atomic E-state index is -0.267.